The van der Waals surface area contributed by atoms with Crippen LogP contribution in [-0.4, -0.2) is 27.6 Å². The molecule has 1 aliphatic rings. The summed E-state index contributed by atoms with van der Waals surface area (Å²) in [5.74, 6) is 1.87. The fourth-order valence-electron chi connectivity index (χ4n) is 2.05. The van der Waals surface area contributed by atoms with E-state index in [1.165, 1.54) is 12.8 Å². The molecule has 3 rings (SSSR count). The van der Waals surface area contributed by atoms with E-state index in [0.29, 0.717) is 18.3 Å². The minimum absolute atomic E-state index is 0.0803. The molecule has 0 aliphatic heterocycles. The number of aromatic amines is 1. The van der Waals surface area contributed by atoms with Gasteiger partial charge in [0.2, 0.25) is 5.91 Å². The lowest BCUT2D eigenvalue weighted by Gasteiger charge is -2.10. The number of hydrogen-bond acceptors (Lipinski definition) is 4. The van der Waals surface area contributed by atoms with Gasteiger partial charge in [0.1, 0.15) is 5.82 Å². The lowest BCUT2D eigenvalue weighted by molar-refractivity contribution is -0.119. The fourth-order valence-corrected chi connectivity index (χ4v) is 2.05. The summed E-state index contributed by atoms with van der Waals surface area (Å²) >= 11 is 0. The number of nitrogens with two attached hydrogens (primary N) is 1. The molecule has 0 spiro atoms. The van der Waals surface area contributed by atoms with E-state index >= 15 is 0 Å². The Morgan fingerprint density at radius 3 is 3.05 bits per heavy atom. The van der Waals surface area contributed by atoms with Gasteiger partial charge in [0, 0.05) is 29.6 Å². The Hall–Kier alpha value is -2.21. The van der Waals surface area contributed by atoms with Crippen LogP contribution in [0.4, 0.5) is 5.69 Å². The van der Waals surface area contributed by atoms with Gasteiger partial charge in [-0.25, -0.2) is 4.98 Å². The third-order valence-electron chi connectivity index (χ3n) is 3.66. The van der Waals surface area contributed by atoms with Crippen molar-refractivity contribution >= 4 is 11.6 Å². The summed E-state index contributed by atoms with van der Waals surface area (Å²) in [5.41, 5.74) is 7.12. The maximum Gasteiger partial charge on any atom is 0.228 e. The summed E-state index contributed by atoms with van der Waals surface area (Å²) in [6, 6.07) is 7.53. The summed E-state index contributed by atoms with van der Waals surface area (Å²) in [7, 11) is 0. The third-order valence-corrected chi connectivity index (χ3v) is 3.66. The summed E-state index contributed by atoms with van der Waals surface area (Å²) in [4.78, 5) is 16.4. The average Bonchev–Trinajstić information content (AvgIpc) is 3.24. The minimum Gasteiger partial charge on any atom is -0.330 e. The number of amides is 1. The Kier molecular flexibility index (Phi) is 3.70. The number of anilines is 1. The minimum atomic E-state index is -0.210. The number of carbonyl (C=O) groups excluding carboxylic acids is 1. The Labute approximate surface area is 123 Å². The standard InChI is InChI=1S/C15H19N5O/c1-9(8-16)15(21)17-12-4-2-3-11(7-12)14-18-13(19-20-14)10-5-6-10/h2-4,7,9-10H,5-6,8,16H2,1H3,(H,17,21)(H,18,19,20). The number of H-pyrrole nitrogens is 1. The first kappa shape index (κ1) is 13.8. The molecule has 2 aromatic rings. The van der Waals surface area contributed by atoms with Crippen molar-refractivity contribution < 1.29 is 4.79 Å². The van der Waals surface area contributed by atoms with E-state index in [1.807, 2.05) is 24.3 Å². The first-order chi connectivity index (χ1) is 10.2. The molecule has 110 valence electrons. The zero-order chi connectivity index (χ0) is 14.8. The highest BCUT2D eigenvalue weighted by Crippen LogP contribution is 2.38. The molecule has 1 aliphatic carbocycles. The first-order valence-corrected chi connectivity index (χ1v) is 7.21. The van der Waals surface area contributed by atoms with E-state index in [0.717, 1.165) is 17.1 Å². The van der Waals surface area contributed by atoms with Crippen molar-refractivity contribution in [3.63, 3.8) is 0 Å². The lowest BCUT2D eigenvalue weighted by atomic mass is 10.1. The molecule has 1 unspecified atom stereocenters. The molecule has 4 N–H and O–H groups in total. The number of aromatic nitrogens is 3. The molecular formula is C15H19N5O. The molecule has 6 nitrogen and oxygen atoms in total. The van der Waals surface area contributed by atoms with Gasteiger partial charge in [0.25, 0.3) is 0 Å². The second kappa shape index (κ2) is 5.65. The highest BCUT2D eigenvalue weighted by molar-refractivity contribution is 5.93. The molecule has 1 amide bonds. The largest absolute Gasteiger partial charge is 0.330 e. The van der Waals surface area contributed by atoms with Gasteiger partial charge in [-0.1, -0.05) is 19.1 Å². The van der Waals surface area contributed by atoms with Crippen LogP contribution in [0.1, 0.15) is 31.5 Å². The van der Waals surface area contributed by atoms with Crippen LogP contribution < -0.4 is 11.1 Å². The SMILES string of the molecule is CC(CN)C(=O)Nc1cccc(-c2n[nH]c(C3CC3)n2)c1. The van der Waals surface area contributed by atoms with Crippen molar-refractivity contribution in [1.82, 2.24) is 15.2 Å². The second-order valence-electron chi connectivity index (χ2n) is 5.53. The monoisotopic (exact) mass is 285 g/mol. The van der Waals surface area contributed by atoms with Crippen molar-refractivity contribution in [2.75, 3.05) is 11.9 Å². The number of hydrogen-bond donors (Lipinski definition) is 3. The molecule has 1 fully saturated rings. The van der Waals surface area contributed by atoms with Crippen LogP contribution in [0.3, 0.4) is 0 Å². The van der Waals surface area contributed by atoms with Crippen LogP contribution in [0.2, 0.25) is 0 Å². The van der Waals surface area contributed by atoms with E-state index in [-0.39, 0.29) is 11.8 Å². The van der Waals surface area contributed by atoms with Gasteiger partial charge in [0.15, 0.2) is 5.82 Å². The number of rotatable bonds is 5. The van der Waals surface area contributed by atoms with Gasteiger partial charge in [-0.15, -0.1) is 0 Å². The van der Waals surface area contributed by atoms with E-state index in [1.54, 1.807) is 6.92 Å². The molecule has 1 atom stereocenters. The van der Waals surface area contributed by atoms with Gasteiger partial charge in [-0.2, -0.15) is 5.10 Å². The number of nitrogens with zero attached hydrogens (tertiary/aromatic N) is 2. The van der Waals surface area contributed by atoms with Crippen LogP contribution in [0.15, 0.2) is 24.3 Å². The van der Waals surface area contributed by atoms with Crippen molar-refractivity contribution in [2.24, 2.45) is 11.7 Å². The molecule has 1 saturated carbocycles. The predicted octanol–water partition coefficient (Wildman–Crippen LogP) is 1.88. The van der Waals surface area contributed by atoms with Gasteiger partial charge in [-0.3, -0.25) is 9.89 Å². The highest BCUT2D eigenvalue weighted by atomic mass is 16.1. The molecule has 6 heteroatoms. The van der Waals surface area contributed by atoms with Crippen molar-refractivity contribution in [1.29, 1.82) is 0 Å². The number of benzene rings is 1. The van der Waals surface area contributed by atoms with E-state index < -0.39 is 0 Å². The molecule has 1 aromatic carbocycles. The molecule has 0 bridgehead atoms. The van der Waals surface area contributed by atoms with E-state index in [9.17, 15) is 4.79 Å². The number of nitrogens with one attached hydrogen (secondary N) is 2. The Morgan fingerprint density at radius 1 is 1.52 bits per heavy atom. The normalized spacial score (nSPS) is 15.7. The van der Waals surface area contributed by atoms with Crippen LogP contribution in [0.5, 0.6) is 0 Å². The topological polar surface area (TPSA) is 96.7 Å². The molecule has 1 heterocycles. The van der Waals surface area contributed by atoms with Crippen molar-refractivity contribution in [3.05, 3.63) is 30.1 Å². The van der Waals surface area contributed by atoms with Crippen LogP contribution in [0, 0.1) is 5.92 Å². The van der Waals surface area contributed by atoms with Crippen LogP contribution in [0.25, 0.3) is 11.4 Å². The Morgan fingerprint density at radius 2 is 2.33 bits per heavy atom. The average molecular weight is 285 g/mol. The maximum absolute atomic E-state index is 11.9. The van der Waals surface area contributed by atoms with Gasteiger partial charge >= 0.3 is 0 Å². The van der Waals surface area contributed by atoms with Gasteiger partial charge < -0.3 is 11.1 Å². The van der Waals surface area contributed by atoms with Crippen molar-refractivity contribution in [2.45, 2.75) is 25.7 Å². The van der Waals surface area contributed by atoms with Gasteiger partial charge in [0.05, 0.1) is 0 Å². The lowest BCUT2D eigenvalue weighted by Crippen LogP contribution is -2.26. The van der Waals surface area contributed by atoms with Gasteiger partial charge in [-0.05, 0) is 25.0 Å². The quantitative estimate of drug-likeness (QED) is 0.781. The molecule has 0 saturated heterocycles. The number of carbonyl (C=O) groups is 1. The molecular weight excluding hydrogens is 266 g/mol. The Bertz CT molecular complexity index is 647. The van der Waals surface area contributed by atoms with Crippen molar-refractivity contribution in [3.8, 4) is 11.4 Å². The Balaban J connectivity index is 1.77. The van der Waals surface area contributed by atoms with Crippen LogP contribution in [-0.2, 0) is 4.79 Å². The summed E-state index contributed by atoms with van der Waals surface area (Å²) in [6.07, 6.45) is 2.36. The maximum atomic E-state index is 11.9. The van der Waals surface area contributed by atoms with E-state index in [4.69, 9.17) is 5.73 Å². The predicted molar refractivity (Wildman–Crippen MR) is 80.6 cm³/mol. The smallest absolute Gasteiger partial charge is 0.228 e. The second-order valence-corrected chi connectivity index (χ2v) is 5.53. The zero-order valence-corrected chi connectivity index (χ0v) is 12.0. The highest BCUT2D eigenvalue weighted by Gasteiger charge is 2.27. The molecule has 21 heavy (non-hydrogen) atoms. The fraction of sp³-hybridized carbons (Fsp3) is 0.400. The van der Waals surface area contributed by atoms with Crippen LogP contribution >= 0.6 is 0 Å². The summed E-state index contributed by atoms with van der Waals surface area (Å²) in [6.45, 7) is 2.13. The third kappa shape index (κ3) is 3.11. The zero-order valence-electron chi connectivity index (χ0n) is 12.0. The van der Waals surface area contributed by atoms with E-state index in [2.05, 4.69) is 20.5 Å². The summed E-state index contributed by atoms with van der Waals surface area (Å²) < 4.78 is 0. The molecule has 0 radical (unpaired) electrons. The molecule has 1 aromatic heterocycles. The first-order valence-electron chi connectivity index (χ1n) is 7.21. The summed E-state index contributed by atoms with van der Waals surface area (Å²) in [5, 5.41) is 10.1.